The number of fused-ring (bicyclic) bond motifs is 2. The van der Waals surface area contributed by atoms with Crippen molar-refractivity contribution >= 4 is 23.4 Å². The number of rotatable bonds is 3. The van der Waals surface area contributed by atoms with Gasteiger partial charge in [-0.25, -0.2) is 4.79 Å². The number of nitrogens with one attached hydrogen (secondary N) is 1. The fourth-order valence-corrected chi connectivity index (χ4v) is 3.85. The van der Waals surface area contributed by atoms with E-state index in [1.54, 1.807) is 4.90 Å². The Balaban J connectivity index is 1.53. The fraction of sp³-hybridized carbons (Fsp3) is 0.444. The molecule has 5 nitrogen and oxygen atoms in total. The summed E-state index contributed by atoms with van der Waals surface area (Å²) in [6, 6.07) is 5.68. The number of benzene rings is 1. The topological polar surface area (TPSA) is 58.6 Å². The first-order valence-electron chi connectivity index (χ1n) is 8.16. The molecule has 0 unspecified atom stereocenters. The monoisotopic (exact) mass is 312 g/mol. The van der Waals surface area contributed by atoms with E-state index in [1.807, 2.05) is 25.1 Å². The third kappa shape index (κ3) is 2.50. The first-order valence-corrected chi connectivity index (χ1v) is 8.16. The Morgan fingerprint density at radius 1 is 1.30 bits per heavy atom. The van der Waals surface area contributed by atoms with Gasteiger partial charge in [0, 0.05) is 17.3 Å². The summed E-state index contributed by atoms with van der Waals surface area (Å²) in [5, 5.41) is 3.06. The normalized spacial score (nSPS) is 28.3. The van der Waals surface area contributed by atoms with Crippen LogP contribution in [0.25, 0.3) is 0 Å². The number of amides is 2. The number of ether oxygens (including phenoxy) is 1. The molecular weight excluding hydrogens is 292 g/mol. The summed E-state index contributed by atoms with van der Waals surface area (Å²) in [5.74, 6) is 1.12. The molecule has 3 atom stereocenters. The van der Waals surface area contributed by atoms with Gasteiger partial charge in [0.2, 0.25) is 5.91 Å². The molecule has 1 aliphatic heterocycles. The van der Waals surface area contributed by atoms with Crippen LogP contribution in [0.1, 0.15) is 18.4 Å². The van der Waals surface area contributed by atoms with Gasteiger partial charge in [0.15, 0.2) is 0 Å². The average Bonchev–Trinajstić information content (AvgIpc) is 3.26. The van der Waals surface area contributed by atoms with Gasteiger partial charge in [0.1, 0.15) is 6.61 Å². The summed E-state index contributed by atoms with van der Waals surface area (Å²) in [4.78, 5) is 25.9. The van der Waals surface area contributed by atoms with E-state index in [4.69, 9.17) is 4.74 Å². The van der Waals surface area contributed by atoms with E-state index in [9.17, 15) is 9.59 Å². The Labute approximate surface area is 135 Å². The molecule has 2 amide bonds. The maximum Gasteiger partial charge on any atom is 0.414 e. The third-order valence-electron chi connectivity index (χ3n) is 5.17. The minimum Gasteiger partial charge on any atom is -0.447 e. The van der Waals surface area contributed by atoms with Gasteiger partial charge in [0.05, 0.1) is 6.54 Å². The minimum absolute atomic E-state index is 0.0739. The highest BCUT2D eigenvalue weighted by atomic mass is 16.6. The molecule has 1 saturated carbocycles. The van der Waals surface area contributed by atoms with Crippen molar-refractivity contribution in [3.8, 4) is 0 Å². The highest BCUT2D eigenvalue weighted by molar-refractivity contribution is 5.96. The Morgan fingerprint density at radius 2 is 2.17 bits per heavy atom. The molecule has 4 rings (SSSR count). The second-order valence-electron chi connectivity index (χ2n) is 6.64. The Hall–Kier alpha value is -2.30. The number of hydrogen-bond donors (Lipinski definition) is 1. The lowest BCUT2D eigenvalue weighted by molar-refractivity contribution is -0.120. The first-order chi connectivity index (χ1) is 11.1. The standard InChI is InChI=1S/C18H20N2O3/c1-11-2-5-14(20-6-7-23-18(20)22)10-16(11)19-17(21)15-9-12-3-4-13(15)8-12/h2-5,10,12-13,15H,6-9H2,1H3,(H,19,21)/t12-,13-,15-/m0/s1. The predicted molar refractivity (Wildman–Crippen MR) is 87.3 cm³/mol. The molecule has 120 valence electrons. The van der Waals surface area contributed by atoms with Gasteiger partial charge in [-0.3, -0.25) is 9.69 Å². The fourth-order valence-electron chi connectivity index (χ4n) is 3.85. The molecule has 0 radical (unpaired) electrons. The number of carbonyl (C=O) groups excluding carboxylic acids is 2. The van der Waals surface area contributed by atoms with E-state index in [2.05, 4.69) is 17.5 Å². The molecule has 1 saturated heterocycles. The summed E-state index contributed by atoms with van der Waals surface area (Å²) in [7, 11) is 0. The van der Waals surface area contributed by atoms with Gasteiger partial charge >= 0.3 is 6.09 Å². The highest BCUT2D eigenvalue weighted by Gasteiger charge is 2.39. The second kappa shape index (κ2) is 5.41. The van der Waals surface area contributed by atoms with E-state index < -0.39 is 0 Å². The molecule has 2 aliphatic carbocycles. The number of allylic oxidation sites excluding steroid dienone is 2. The van der Waals surface area contributed by atoms with Crippen LogP contribution >= 0.6 is 0 Å². The van der Waals surface area contributed by atoms with Gasteiger partial charge in [-0.05, 0) is 49.3 Å². The SMILES string of the molecule is Cc1ccc(N2CCOC2=O)cc1NC(=O)[C@H]1C[C@H]2C=C[C@H]1C2. The van der Waals surface area contributed by atoms with Gasteiger partial charge in [-0.2, -0.15) is 0 Å². The summed E-state index contributed by atoms with van der Waals surface area (Å²) >= 11 is 0. The highest BCUT2D eigenvalue weighted by Crippen LogP contribution is 2.44. The lowest BCUT2D eigenvalue weighted by Gasteiger charge is -2.20. The third-order valence-corrected chi connectivity index (χ3v) is 5.17. The first kappa shape index (κ1) is 14.3. The van der Waals surface area contributed by atoms with Crippen molar-refractivity contribution in [3.05, 3.63) is 35.9 Å². The molecule has 2 fully saturated rings. The van der Waals surface area contributed by atoms with Crippen LogP contribution in [-0.2, 0) is 9.53 Å². The molecule has 2 bridgehead atoms. The maximum atomic E-state index is 12.6. The number of carbonyl (C=O) groups is 2. The Morgan fingerprint density at radius 3 is 2.83 bits per heavy atom. The van der Waals surface area contributed by atoms with Gasteiger partial charge in [0.25, 0.3) is 0 Å². The smallest absolute Gasteiger partial charge is 0.414 e. The van der Waals surface area contributed by atoms with Crippen molar-refractivity contribution < 1.29 is 14.3 Å². The van der Waals surface area contributed by atoms with Crippen molar-refractivity contribution in [2.75, 3.05) is 23.4 Å². The van der Waals surface area contributed by atoms with Gasteiger partial charge < -0.3 is 10.1 Å². The zero-order valence-electron chi connectivity index (χ0n) is 13.1. The van der Waals surface area contributed by atoms with Gasteiger partial charge in [-0.15, -0.1) is 0 Å². The maximum absolute atomic E-state index is 12.6. The van der Waals surface area contributed by atoms with E-state index in [0.717, 1.165) is 29.8 Å². The Bertz CT molecular complexity index is 698. The lowest BCUT2D eigenvalue weighted by Crippen LogP contribution is -2.27. The van der Waals surface area contributed by atoms with Crippen LogP contribution in [0, 0.1) is 24.7 Å². The largest absolute Gasteiger partial charge is 0.447 e. The number of nitrogens with zero attached hydrogens (tertiary/aromatic N) is 1. The number of anilines is 2. The molecule has 0 aromatic heterocycles. The average molecular weight is 312 g/mol. The number of hydrogen-bond acceptors (Lipinski definition) is 3. The molecule has 23 heavy (non-hydrogen) atoms. The summed E-state index contributed by atoms with van der Waals surface area (Å²) in [6.45, 7) is 2.92. The lowest BCUT2D eigenvalue weighted by atomic mass is 9.92. The quantitative estimate of drug-likeness (QED) is 0.873. The predicted octanol–water partition coefficient (Wildman–Crippen LogP) is 3.10. The molecule has 0 spiro atoms. The van der Waals surface area contributed by atoms with Crippen molar-refractivity contribution in [2.24, 2.45) is 17.8 Å². The molecular formula is C18H20N2O3. The van der Waals surface area contributed by atoms with Crippen LogP contribution in [0.4, 0.5) is 16.2 Å². The summed E-state index contributed by atoms with van der Waals surface area (Å²) < 4.78 is 4.98. The molecule has 1 heterocycles. The van der Waals surface area contributed by atoms with Crippen LogP contribution in [-0.4, -0.2) is 25.2 Å². The molecule has 1 N–H and O–H groups in total. The van der Waals surface area contributed by atoms with Crippen molar-refractivity contribution in [3.63, 3.8) is 0 Å². The van der Waals surface area contributed by atoms with Crippen molar-refractivity contribution in [1.29, 1.82) is 0 Å². The zero-order valence-corrected chi connectivity index (χ0v) is 13.1. The Kier molecular flexibility index (Phi) is 3.36. The number of aryl methyl sites for hydroxylation is 1. The summed E-state index contributed by atoms with van der Waals surface area (Å²) in [6.07, 6.45) is 6.15. The van der Waals surface area contributed by atoms with E-state index in [-0.39, 0.29) is 17.9 Å². The second-order valence-corrected chi connectivity index (χ2v) is 6.64. The van der Waals surface area contributed by atoms with E-state index >= 15 is 0 Å². The van der Waals surface area contributed by atoms with E-state index in [1.165, 1.54) is 0 Å². The summed E-state index contributed by atoms with van der Waals surface area (Å²) in [5.41, 5.74) is 2.54. The molecule has 5 heteroatoms. The molecule has 1 aromatic carbocycles. The van der Waals surface area contributed by atoms with Crippen LogP contribution in [0.3, 0.4) is 0 Å². The van der Waals surface area contributed by atoms with Crippen molar-refractivity contribution in [2.45, 2.75) is 19.8 Å². The van der Waals surface area contributed by atoms with Gasteiger partial charge in [-0.1, -0.05) is 18.2 Å². The molecule has 3 aliphatic rings. The molecule has 1 aromatic rings. The van der Waals surface area contributed by atoms with E-state index in [0.29, 0.717) is 25.0 Å². The minimum atomic E-state index is -0.329. The van der Waals surface area contributed by atoms with Crippen LogP contribution in [0.15, 0.2) is 30.4 Å². The van der Waals surface area contributed by atoms with Crippen molar-refractivity contribution in [1.82, 2.24) is 0 Å². The zero-order chi connectivity index (χ0) is 16.0. The van der Waals surface area contributed by atoms with Crippen LogP contribution in [0.5, 0.6) is 0 Å². The van der Waals surface area contributed by atoms with Crippen LogP contribution < -0.4 is 10.2 Å². The number of cyclic esters (lactones) is 1. The van der Waals surface area contributed by atoms with Crippen LogP contribution in [0.2, 0.25) is 0 Å².